The molecule has 128 valence electrons. The van der Waals surface area contributed by atoms with Crippen LogP contribution in [0.3, 0.4) is 0 Å². The third kappa shape index (κ3) is 2.60. The van der Waals surface area contributed by atoms with Crippen LogP contribution < -0.4 is 17.0 Å². The first-order valence-electron chi connectivity index (χ1n) is 7.52. The Kier molecular flexibility index (Phi) is 3.70. The number of carbonyl (C=O) groups is 1. The first-order valence-corrected chi connectivity index (χ1v) is 8.34. The summed E-state index contributed by atoms with van der Waals surface area (Å²) in [4.78, 5) is 40.0. The minimum atomic E-state index is -0.635. The molecule has 5 N–H and O–H groups in total. The van der Waals surface area contributed by atoms with Crippen LogP contribution in [0.4, 0.5) is 5.69 Å². The molecule has 0 aliphatic carbocycles. The number of hydrogen-bond donors (Lipinski definition) is 3. The van der Waals surface area contributed by atoms with Crippen molar-refractivity contribution in [3.05, 3.63) is 58.9 Å². The van der Waals surface area contributed by atoms with Crippen LogP contribution in [0, 0.1) is 0 Å². The molecular formula is C17H12N6O2S. The average Bonchev–Trinajstić information content (AvgIpc) is 3.11. The van der Waals surface area contributed by atoms with E-state index in [1.165, 1.54) is 23.6 Å². The van der Waals surface area contributed by atoms with Crippen molar-refractivity contribution in [2.45, 2.75) is 0 Å². The van der Waals surface area contributed by atoms with E-state index in [9.17, 15) is 9.59 Å². The van der Waals surface area contributed by atoms with Gasteiger partial charge in [0, 0.05) is 30.4 Å². The van der Waals surface area contributed by atoms with Crippen molar-refractivity contribution in [2.75, 3.05) is 5.73 Å². The Labute approximate surface area is 150 Å². The maximum Gasteiger partial charge on any atom is 0.260 e. The predicted octanol–water partition coefficient (Wildman–Crippen LogP) is 1.79. The molecule has 0 aliphatic heterocycles. The van der Waals surface area contributed by atoms with Gasteiger partial charge in [0.15, 0.2) is 0 Å². The van der Waals surface area contributed by atoms with E-state index in [-0.39, 0.29) is 16.8 Å². The number of aromatic amines is 1. The SMILES string of the molecule is NC(=O)c1cnc2c(N)c(-c3ncc(-c4cccnc4)s3)c(=O)[nH]c2c1. The summed E-state index contributed by atoms with van der Waals surface area (Å²) in [5.74, 6) is -0.635. The van der Waals surface area contributed by atoms with Crippen LogP contribution in [0.5, 0.6) is 0 Å². The van der Waals surface area contributed by atoms with E-state index in [2.05, 4.69) is 19.9 Å². The molecular weight excluding hydrogens is 352 g/mol. The Morgan fingerprint density at radius 1 is 1.19 bits per heavy atom. The molecule has 8 nitrogen and oxygen atoms in total. The lowest BCUT2D eigenvalue weighted by Crippen LogP contribution is -2.15. The Morgan fingerprint density at radius 3 is 2.77 bits per heavy atom. The summed E-state index contributed by atoms with van der Waals surface area (Å²) >= 11 is 1.33. The average molecular weight is 364 g/mol. The van der Waals surface area contributed by atoms with Gasteiger partial charge in [-0.1, -0.05) is 6.07 Å². The van der Waals surface area contributed by atoms with Crippen molar-refractivity contribution in [2.24, 2.45) is 5.73 Å². The fourth-order valence-electron chi connectivity index (χ4n) is 2.58. The van der Waals surface area contributed by atoms with Crippen LogP contribution in [0.25, 0.3) is 32.0 Å². The highest BCUT2D eigenvalue weighted by Gasteiger charge is 2.17. The van der Waals surface area contributed by atoms with Crippen molar-refractivity contribution in [3.8, 4) is 21.0 Å². The molecule has 4 rings (SSSR count). The highest BCUT2D eigenvalue weighted by molar-refractivity contribution is 7.18. The van der Waals surface area contributed by atoms with Crippen LogP contribution in [-0.4, -0.2) is 25.8 Å². The Balaban J connectivity index is 1.87. The smallest absolute Gasteiger partial charge is 0.260 e. The summed E-state index contributed by atoms with van der Waals surface area (Å²) in [7, 11) is 0. The van der Waals surface area contributed by atoms with Crippen LogP contribution in [0.2, 0.25) is 0 Å². The Morgan fingerprint density at radius 2 is 2.04 bits per heavy atom. The summed E-state index contributed by atoms with van der Waals surface area (Å²) in [6.45, 7) is 0. The van der Waals surface area contributed by atoms with Crippen molar-refractivity contribution in [1.29, 1.82) is 0 Å². The normalized spacial score (nSPS) is 10.9. The van der Waals surface area contributed by atoms with Crippen molar-refractivity contribution in [3.63, 3.8) is 0 Å². The van der Waals surface area contributed by atoms with Crippen LogP contribution >= 0.6 is 11.3 Å². The number of fused-ring (bicyclic) bond motifs is 1. The Bertz CT molecular complexity index is 1200. The highest BCUT2D eigenvalue weighted by Crippen LogP contribution is 2.34. The van der Waals surface area contributed by atoms with Crippen molar-refractivity contribution >= 4 is 34.0 Å². The second-order valence-electron chi connectivity index (χ2n) is 5.50. The number of H-pyrrole nitrogens is 1. The van der Waals surface area contributed by atoms with Gasteiger partial charge in [0.2, 0.25) is 5.91 Å². The molecule has 0 saturated heterocycles. The zero-order chi connectivity index (χ0) is 18.3. The maximum absolute atomic E-state index is 12.6. The molecule has 0 radical (unpaired) electrons. The number of nitrogens with zero attached hydrogens (tertiary/aromatic N) is 3. The number of aromatic nitrogens is 4. The zero-order valence-electron chi connectivity index (χ0n) is 13.3. The molecule has 4 aromatic heterocycles. The number of anilines is 1. The van der Waals surface area contributed by atoms with Crippen LogP contribution in [0.15, 0.2) is 47.8 Å². The van der Waals surface area contributed by atoms with Crippen LogP contribution in [-0.2, 0) is 0 Å². The van der Waals surface area contributed by atoms with Gasteiger partial charge in [0.1, 0.15) is 16.1 Å². The minimum Gasteiger partial charge on any atom is -0.396 e. The largest absolute Gasteiger partial charge is 0.396 e. The van der Waals surface area contributed by atoms with E-state index in [0.29, 0.717) is 16.0 Å². The summed E-state index contributed by atoms with van der Waals surface area (Å²) < 4.78 is 0. The van der Waals surface area contributed by atoms with Gasteiger partial charge in [-0.3, -0.25) is 19.6 Å². The lowest BCUT2D eigenvalue weighted by Gasteiger charge is -2.06. The van der Waals surface area contributed by atoms with Gasteiger partial charge in [0.25, 0.3) is 5.56 Å². The summed E-state index contributed by atoms with van der Waals surface area (Å²) in [5.41, 5.74) is 13.3. The lowest BCUT2D eigenvalue weighted by atomic mass is 10.1. The fraction of sp³-hybridized carbons (Fsp3) is 0. The molecule has 9 heteroatoms. The standard InChI is InChI=1S/C17H12N6O2S/c18-13-12(17-22-7-11(26-17)8-2-1-3-20-5-8)16(25)23-10-4-9(15(19)24)6-21-14(10)13/h1-7H,(H2,19,24)(H3,18,23,25). The quantitative estimate of drug-likeness (QED) is 0.506. The summed E-state index contributed by atoms with van der Waals surface area (Å²) in [5, 5.41) is 0.477. The number of pyridine rings is 3. The maximum atomic E-state index is 12.6. The van der Waals surface area contributed by atoms with Gasteiger partial charge in [-0.25, -0.2) is 4.98 Å². The first-order chi connectivity index (χ1) is 12.5. The van der Waals surface area contributed by atoms with Gasteiger partial charge >= 0.3 is 0 Å². The number of amides is 1. The van der Waals surface area contributed by atoms with E-state index < -0.39 is 11.5 Å². The molecule has 4 heterocycles. The van der Waals surface area contributed by atoms with Gasteiger partial charge in [-0.2, -0.15) is 0 Å². The number of thiazole rings is 1. The lowest BCUT2D eigenvalue weighted by molar-refractivity contribution is 0.1000. The monoisotopic (exact) mass is 364 g/mol. The van der Waals surface area contributed by atoms with E-state index >= 15 is 0 Å². The summed E-state index contributed by atoms with van der Waals surface area (Å²) in [6, 6.07) is 5.19. The molecule has 0 fully saturated rings. The zero-order valence-corrected chi connectivity index (χ0v) is 14.1. The van der Waals surface area contributed by atoms with E-state index in [4.69, 9.17) is 11.5 Å². The third-order valence-corrected chi connectivity index (χ3v) is 4.90. The summed E-state index contributed by atoms with van der Waals surface area (Å²) in [6.07, 6.45) is 6.40. The van der Waals surface area contributed by atoms with E-state index in [1.807, 2.05) is 12.1 Å². The number of primary amides is 1. The van der Waals surface area contributed by atoms with Gasteiger partial charge in [0.05, 0.1) is 21.6 Å². The van der Waals surface area contributed by atoms with Crippen molar-refractivity contribution in [1.82, 2.24) is 19.9 Å². The van der Waals surface area contributed by atoms with Gasteiger partial charge in [-0.05, 0) is 12.1 Å². The van der Waals surface area contributed by atoms with Crippen LogP contribution in [0.1, 0.15) is 10.4 Å². The predicted molar refractivity (Wildman–Crippen MR) is 99.6 cm³/mol. The van der Waals surface area contributed by atoms with E-state index in [0.717, 1.165) is 10.4 Å². The second kappa shape index (κ2) is 6.05. The Hall–Kier alpha value is -3.59. The third-order valence-electron chi connectivity index (χ3n) is 3.84. The number of nitrogen functional groups attached to an aromatic ring is 1. The first kappa shape index (κ1) is 15.9. The topological polar surface area (TPSA) is 141 Å². The molecule has 4 aromatic rings. The van der Waals surface area contributed by atoms with Crippen molar-refractivity contribution < 1.29 is 4.79 Å². The number of rotatable bonds is 3. The molecule has 0 atom stereocenters. The molecule has 0 unspecified atom stereocenters. The highest BCUT2D eigenvalue weighted by atomic mass is 32.1. The number of nitrogens with two attached hydrogens (primary N) is 2. The fourth-order valence-corrected chi connectivity index (χ4v) is 3.54. The molecule has 0 spiro atoms. The molecule has 0 saturated carbocycles. The number of nitrogens with one attached hydrogen (secondary N) is 1. The van der Waals surface area contributed by atoms with Gasteiger partial charge in [-0.15, -0.1) is 11.3 Å². The molecule has 26 heavy (non-hydrogen) atoms. The van der Waals surface area contributed by atoms with E-state index in [1.54, 1.807) is 18.6 Å². The van der Waals surface area contributed by atoms with Gasteiger partial charge < -0.3 is 16.5 Å². The minimum absolute atomic E-state index is 0.188. The number of hydrogen-bond acceptors (Lipinski definition) is 7. The number of carbonyl (C=O) groups excluding carboxylic acids is 1. The molecule has 0 aromatic carbocycles. The molecule has 0 aliphatic rings. The molecule has 0 bridgehead atoms. The molecule has 1 amide bonds. The second-order valence-corrected chi connectivity index (χ2v) is 6.53.